The molecule has 2 unspecified atom stereocenters. The monoisotopic (exact) mass is 253 g/mol. The Morgan fingerprint density at radius 3 is 2.82 bits per heavy atom. The molecule has 0 saturated carbocycles. The average Bonchev–Trinajstić information content (AvgIpc) is 2.39. The standard InChI is InChI=1S/C13H23N3S/c1-4-7-15-12(11(3)5-2)9-17-13-6-8-14-10-16-13/h6,8,10-12,15H,4-5,7,9H2,1-3H3. The van der Waals surface area contributed by atoms with Gasteiger partial charge in [0.25, 0.3) is 0 Å². The fraction of sp³-hybridized carbons (Fsp3) is 0.692. The van der Waals surface area contributed by atoms with E-state index in [1.807, 2.05) is 17.8 Å². The van der Waals surface area contributed by atoms with Crippen molar-refractivity contribution in [2.45, 2.75) is 44.7 Å². The zero-order valence-corrected chi connectivity index (χ0v) is 11.8. The highest BCUT2D eigenvalue weighted by molar-refractivity contribution is 7.99. The largest absolute Gasteiger partial charge is 0.313 e. The van der Waals surface area contributed by atoms with Crippen molar-refractivity contribution in [3.05, 3.63) is 18.6 Å². The van der Waals surface area contributed by atoms with Crippen LogP contribution in [0.2, 0.25) is 0 Å². The van der Waals surface area contributed by atoms with E-state index in [-0.39, 0.29) is 0 Å². The molecule has 1 aromatic rings. The van der Waals surface area contributed by atoms with E-state index < -0.39 is 0 Å². The molecule has 0 aliphatic carbocycles. The number of hydrogen-bond acceptors (Lipinski definition) is 4. The van der Waals surface area contributed by atoms with Crippen molar-refractivity contribution in [3.8, 4) is 0 Å². The second-order valence-electron chi connectivity index (χ2n) is 4.30. The zero-order chi connectivity index (χ0) is 12.5. The molecular formula is C13H23N3S. The van der Waals surface area contributed by atoms with Crippen LogP contribution in [0, 0.1) is 5.92 Å². The van der Waals surface area contributed by atoms with E-state index in [9.17, 15) is 0 Å². The van der Waals surface area contributed by atoms with Gasteiger partial charge < -0.3 is 5.32 Å². The van der Waals surface area contributed by atoms with E-state index in [2.05, 4.69) is 36.1 Å². The van der Waals surface area contributed by atoms with Crippen molar-refractivity contribution < 1.29 is 0 Å². The predicted octanol–water partition coefficient (Wildman–Crippen LogP) is 2.98. The highest BCUT2D eigenvalue weighted by atomic mass is 32.2. The quantitative estimate of drug-likeness (QED) is 0.571. The maximum absolute atomic E-state index is 4.24. The number of nitrogens with one attached hydrogen (secondary N) is 1. The van der Waals surface area contributed by atoms with Crippen molar-refractivity contribution in [2.75, 3.05) is 12.3 Å². The maximum Gasteiger partial charge on any atom is 0.116 e. The van der Waals surface area contributed by atoms with Crippen LogP contribution >= 0.6 is 11.8 Å². The molecule has 0 aliphatic heterocycles. The van der Waals surface area contributed by atoms with Crippen LogP contribution < -0.4 is 5.32 Å². The van der Waals surface area contributed by atoms with Crippen molar-refractivity contribution in [2.24, 2.45) is 5.92 Å². The summed E-state index contributed by atoms with van der Waals surface area (Å²) in [5, 5.41) is 4.69. The second-order valence-corrected chi connectivity index (χ2v) is 5.35. The normalized spacial score (nSPS) is 14.5. The van der Waals surface area contributed by atoms with Crippen LogP contribution in [0.3, 0.4) is 0 Å². The van der Waals surface area contributed by atoms with Crippen LogP contribution in [0.4, 0.5) is 0 Å². The Morgan fingerprint density at radius 1 is 1.41 bits per heavy atom. The summed E-state index contributed by atoms with van der Waals surface area (Å²) in [6, 6.07) is 2.54. The first-order valence-electron chi connectivity index (χ1n) is 6.40. The third kappa shape index (κ3) is 5.50. The average molecular weight is 253 g/mol. The predicted molar refractivity (Wildman–Crippen MR) is 74.3 cm³/mol. The molecule has 0 fully saturated rings. The summed E-state index contributed by atoms with van der Waals surface area (Å²) in [6.07, 6.45) is 5.81. The van der Waals surface area contributed by atoms with Crippen LogP contribution in [-0.2, 0) is 0 Å². The van der Waals surface area contributed by atoms with Crippen molar-refractivity contribution >= 4 is 11.8 Å². The Hall–Kier alpha value is -0.610. The molecule has 17 heavy (non-hydrogen) atoms. The second kappa shape index (κ2) is 8.48. The number of hydrogen-bond donors (Lipinski definition) is 1. The van der Waals surface area contributed by atoms with Gasteiger partial charge in [-0.1, -0.05) is 27.2 Å². The lowest BCUT2D eigenvalue weighted by Gasteiger charge is -2.23. The van der Waals surface area contributed by atoms with Gasteiger partial charge in [-0.15, -0.1) is 11.8 Å². The summed E-state index contributed by atoms with van der Waals surface area (Å²) >= 11 is 1.81. The van der Waals surface area contributed by atoms with Gasteiger partial charge in [-0.2, -0.15) is 0 Å². The van der Waals surface area contributed by atoms with Crippen LogP contribution in [0.15, 0.2) is 23.6 Å². The van der Waals surface area contributed by atoms with E-state index >= 15 is 0 Å². The lowest BCUT2D eigenvalue weighted by atomic mass is 10.0. The molecule has 96 valence electrons. The number of thioether (sulfide) groups is 1. The van der Waals surface area contributed by atoms with Crippen LogP contribution in [0.25, 0.3) is 0 Å². The van der Waals surface area contributed by atoms with Crippen LogP contribution in [0.1, 0.15) is 33.6 Å². The summed E-state index contributed by atoms with van der Waals surface area (Å²) in [6.45, 7) is 7.87. The van der Waals surface area contributed by atoms with Gasteiger partial charge in [-0.3, -0.25) is 0 Å². The number of aromatic nitrogens is 2. The SMILES string of the molecule is CCCNC(CSc1ccncn1)C(C)CC. The molecule has 1 heterocycles. The highest BCUT2D eigenvalue weighted by Crippen LogP contribution is 2.19. The Morgan fingerprint density at radius 2 is 2.24 bits per heavy atom. The first kappa shape index (κ1) is 14.5. The molecule has 0 aromatic carbocycles. The van der Waals surface area contributed by atoms with Gasteiger partial charge in [0.2, 0.25) is 0 Å². The van der Waals surface area contributed by atoms with Crippen LogP contribution in [-0.4, -0.2) is 28.3 Å². The summed E-state index contributed by atoms with van der Waals surface area (Å²) in [7, 11) is 0. The Bertz CT molecular complexity index is 292. The third-order valence-electron chi connectivity index (χ3n) is 2.95. The van der Waals surface area contributed by atoms with Crippen LogP contribution in [0.5, 0.6) is 0 Å². The molecule has 0 aliphatic rings. The van der Waals surface area contributed by atoms with Gasteiger partial charge in [0, 0.05) is 18.0 Å². The van der Waals surface area contributed by atoms with Gasteiger partial charge in [0.1, 0.15) is 6.33 Å². The number of nitrogens with zero attached hydrogens (tertiary/aromatic N) is 2. The molecule has 0 radical (unpaired) electrons. The summed E-state index contributed by atoms with van der Waals surface area (Å²) in [5.74, 6) is 1.78. The molecule has 0 saturated heterocycles. The smallest absolute Gasteiger partial charge is 0.116 e. The zero-order valence-electron chi connectivity index (χ0n) is 11.0. The third-order valence-corrected chi connectivity index (χ3v) is 4.02. The molecule has 0 bridgehead atoms. The van der Waals surface area contributed by atoms with Gasteiger partial charge in [-0.25, -0.2) is 9.97 Å². The van der Waals surface area contributed by atoms with Gasteiger partial charge in [0.15, 0.2) is 0 Å². The van der Waals surface area contributed by atoms with Gasteiger partial charge in [-0.05, 0) is 24.9 Å². The fourth-order valence-electron chi connectivity index (χ4n) is 1.58. The fourth-order valence-corrected chi connectivity index (χ4v) is 2.65. The Labute approximate surface area is 109 Å². The van der Waals surface area contributed by atoms with E-state index in [0.29, 0.717) is 12.0 Å². The molecule has 1 N–H and O–H groups in total. The van der Waals surface area contributed by atoms with E-state index in [1.165, 1.54) is 12.8 Å². The van der Waals surface area contributed by atoms with Crippen molar-refractivity contribution in [3.63, 3.8) is 0 Å². The van der Waals surface area contributed by atoms with Crippen molar-refractivity contribution in [1.82, 2.24) is 15.3 Å². The minimum atomic E-state index is 0.569. The molecule has 1 aromatic heterocycles. The molecule has 0 amide bonds. The van der Waals surface area contributed by atoms with E-state index in [4.69, 9.17) is 0 Å². The molecule has 4 heteroatoms. The van der Waals surface area contributed by atoms with Gasteiger partial charge >= 0.3 is 0 Å². The summed E-state index contributed by atoms with van der Waals surface area (Å²) in [5.41, 5.74) is 0. The number of rotatable bonds is 8. The maximum atomic E-state index is 4.24. The first-order chi connectivity index (χ1) is 8.27. The lowest BCUT2D eigenvalue weighted by molar-refractivity contribution is 0.397. The van der Waals surface area contributed by atoms with Gasteiger partial charge in [0.05, 0.1) is 5.03 Å². The summed E-state index contributed by atoms with van der Waals surface area (Å²) < 4.78 is 0. The summed E-state index contributed by atoms with van der Waals surface area (Å²) in [4.78, 5) is 8.17. The minimum Gasteiger partial charge on any atom is -0.313 e. The topological polar surface area (TPSA) is 37.8 Å². The van der Waals surface area contributed by atoms with E-state index in [0.717, 1.165) is 17.3 Å². The minimum absolute atomic E-state index is 0.569. The Balaban J connectivity index is 2.43. The Kier molecular flexibility index (Phi) is 7.21. The highest BCUT2D eigenvalue weighted by Gasteiger charge is 2.15. The first-order valence-corrected chi connectivity index (χ1v) is 7.38. The molecular weight excluding hydrogens is 230 g/mol. The van der Waals surface area contributed by atoms with E-state index in [1.54, 1.807) is 12.5 Å². The molecule has 3 nitrogen and oxygen atoms in total. The molecule has 1 rings (SSSR count). The molecule has 2 atom stereocenters. The lowest BCUT2D eigenvalue weighted by Crippen LogP contribution is -2.37. The molecule has 0 spiro atoms. The van der Waals surface area contributed by atoms with Crippen molar-refractivity contribution in [1.29, 1.82) is 0 Å².